The number of ether oxygens (including phenoxy) is 2. The highest BCUT2D eigenvalue weighted by Crippen LogP contribution is 2.42. The Bertz CT molecular complexity index is 1580. The molecule has 220 valence electrons. The van der Waals surface area contributed by atoms with E-state index in [2.05, 4.69) is 22.0 Å². The SMILES string of the molecule is CCCCN(c1nc(N2CCN(c3ccccc3)CC2)nc(Cl)c1Oc1ccccc1OC)S(=O)(=O)c1ccccc1. The fourth-order valence-corrected chi connectivity index (χ4v) is 6.45. The highest BCUT2D eigenvalue weighted by Gasteiger charge is 2.32. The van der Waals surface area contributed by atoms with E-state index in [1.54, 1.807) is 48.5 Å². The predicted molar refractivity (Wildman–Crippen MR) is 167 cm³/mol. The van der Waals surface area contributed by atoms with Crippen LogP contribution in [0, 0.1) is 0 Å². The van der Waals surface area contributed by atoms with E-state index in [9.17, 15) is 8.42 Å². The van der Waals surface area contributed by atoms with Gasteiger partial charge in [0.1, 0.15) is 0 Å². The largest absolute Gasteiger partial charge is 0.493 e. The lowest BCUT2D eigenvalue weighted by Gasteiger charge is -2.36. The molecular formula is C31H34ClN5O4S. The number of piperazine rings is 1. The van der Waals surface area contributed by atoms with Gasteiger partial charge in [0.25, 0.3) is 10.0 Å². The number of para-hydroxylation sites is 3. The third-order valence-corrected chi connectivity index (χ3v) is 9.10. The van der Waals surface area contributed by atoms with Crippen molar-refractivity contribution in [2.75, 3.05) is 53.9 Å². The van der Waals surface area contributed by atoms with Gasteiger partial charge < -0.3 is 19.3 Å². The van der Waals surface area contributed by atoms with Crippen molar-refractivity contribution in [1.29, 1.82) is 0 Å². The predicted octanol–water partition coefficient (Wildman–Crippen LogP) is 6.25. The van der Waals surface area contributed by atoms with Crippen LogP contribution in [0.15, 0.2) is 89.8 Å². The number of rotatable bonds is 11. The van der Waals surface area contributed by atoms with Gasteiger partial charge in [0, 0.05) is 38.4 Å². The van der Waals surface area contributed by atoms with E-state index in [0.717, 1.165) is 25.2 Å². The molecular weight excluding hydrogens is 574 g/mol. The molecule has 1 fully saturated rings. The van der Waals surface area contributed by atoms with Crippen LogP contribution in [0.1, 0.15) is 19.8 Å². The Balaban J connectivity index is 1.57. The average Bonchev–Trinajstić information content (AvgIpc) is 3.03. The lowest BCUT2D eigenvalue weighted by molar-refractivity contribution is 0.378. The zero-order chi connectivity index (χ0) is 29.5. The van der Waals surface area contributed by atoms with E-state index in [4.69, 9.17) is 26.1 Å². The molecule has 0 saturated carbocycles. The van der Waals surface area contributed by atoms with E-state index in [-0.39, 0.29) is 28.2 Å². The van der Waals surface area contributed by atoms with E-state index in [1.165, 1.54) is 11.4 Å². The molecule has 0 amide bonds. The Morgan fingerprint density at radius 3 is 2.07 bits per heavy atom. The summed E-state index contributed by atoms with van der Waals surface area (Å²) in [5.74, 6) is 1.30. The topological polar surface area (TPSA) is 88.1 Å². The molecule has 1 aromatic heterocycles. The number of anilines is 3. The zero-order valence-electron chi connectivity index (χ0n) is 23.7. The third-order valence-electron chi connectivity index (χ3n) is 7.04. The van der Waals surface area contributed by atoms with Gasteiger partial charge in [-0.2, -0.15) is 9.97 Å². The van der Waals surface area contributed by atoms with E-state index < -0.39 is 10.0 Å². The quantitative estimate of drug-likeness (QED) is 0.185. The smallest absolute Gasteiger partial charge is 0.265 e. The van der Waals surface area contributed by atoms with Gasteiger partial charge in [0.15, 0.2) is 22.5 Å². The minimum atomic E-state index is -4.02. The first-order valence-electron chi connectivity index (χ1n) is 13.9. The number of unbranched alkanes of at least 4 members (excludes halogenated alkanes) is 1. The third kappa shape index (κ3) is 6.39. The number of benzene rings is 3. The van der Waals surface area contributed by atoms with Gasteiger partial charge in [-0.05, 0) is 42.8 Å². The van der Waals surface area contributed by atoms with Crippen molar-refractivity contribution in [2.24, 2.45) is 0 Å². The first-order valence-corrected chi connectivity index (χ1v) is 15.7. The van der Waals surface area contributed by atoms with Crippen molar-refractivity contribution < 1.29 is 17.9 Å². The summed E-state index contributed by atoms with van der Waals surface area (Å²) in [4.78, 5) is 13.9. The molecule has 1 aliphatic heterocycles. The summed E-state index contributed by atoms with van der Waals surface area (Å²) in [7, 11) is -2.48. The summed E-state index contributed by atoms with van der Waals surface area (Å²) in [6, 6.07) is 25.6. The van der Waals surface area contributed by atoms with Crippen molar-refractivity contribution >= 4 is 39.1 Å². The Morgan fingerprint density at radius 1 is 0.833 bits per heavy atom. The number of halogens is 1. The molecule has 0 aliphatic carbocycles. The molecule has 4 aromatic rings. The summed E-state index contributed by atoms with van der Waals surface area (Å²) in [6.45, 7) is 4.97. The van der Waals surface area contributed by atoms with E-state index in [1.807, 2.05) is 36.1 Å². The van der Waals surface area contributed by atoms with Gasteiger partial charge in [0.2, 0.25) is 11.7 Å². The lowest BCUT2D eigenvalue weighted by atomic mass is 10.2. The fraction of sp³-hybridized carbons (Fsp3) is 0.290. The molecule has 0 bridgehead atoms. The number of hydrogen-bond acceptors (Lipinski definition) is 8. The molecule has 11 heteroatoms. The molecule has 1 saturated heterocycles. The molecule has 3 aromatic carbocycles. The number of hydrogen-bond donors (Lipinski definition) is 0. The van der Waals surface area contributed by atoms with Crippen LogP contribution in [0.25, 0.3) is 0 Å². The van der Waals surface area contributed by atoms with Gasteiger partial charge in [0.05, 0.1) is 12.0 Å². The second-order valence-corrected chi connectivity index (χ2v) is 12.0. The van der Waals surface area contributed by atoms with Gasteiger partial charge in [-0.3, -0.25) is 0 Å². The summed E-state index contributed by atoms with van der Waals surface area (Å²) >= 11 is 6.82. The maximum Gasteiger partial charge on any atom is 0.265 e. The number of nitrogens with zero attached hydrogens (tertiary/aromatic N) is 5. The highest BCUT2D eigenvalue weighted by atomic mass is 35.5. The summed E-state index contributed by atoms with van der Waals surface area (Å²) < 4.78 is 41.2. The van der Waals surface area contributed by atoms with E-state index >= 15 is 0 Å². The van der Waals surface area contributed by atoms with E-state index in [0.29, 0.717) is 37.0 Å². The molecule has 1 aliphatic rings. The molecule has 0 unspecified atom stereocenters. The minimum Gasteiger partial charge on any atom is -0.493 e. The van der Waals surface area contributed by atoms with Crippen LogP contribution in [-0.4, -0.2) is 58.2 Å². The molecule has 2 heterocycles. The Hall–Kier alpha value is -4.02. The molecule has 0 spiro atoms. The second-order valence-electron chi connectivity index (χ2n) is 9.77. The maximum atomic E-state index is 14.1. The van der Waals surface area contributed by atoms with Crippen LogP contribution in [0.3, 0.4) is 0 Å². The summed E-state index contributed by atoms with van der Waals surface area (Å²) in [6.07, 6.45) is 1.38. The summed E-state index contributed by atoms with van der Waals surface area (Å²) in [5, 5.41) is 0.0103. The Labute approximate surface area is 252 Å². The van der Waals surface area contributed by atoms with Gasteiger partial charge in [-0.25, -0.2) is 12.7 Å². The van der Waals surface area contributed by atoms with Gasteiger partial charge in [-0.1, -0.05) is 73.5 Å². The van der Waals surface area contributed by atoms with Crippen molar-refractivity contribution in [2.45, 2.75) is 24.7 Å². The Kier molecular flexibility index (Phi) is 9.34. The molecule has 42 heavy (non-hydrogen) atoms. The van der Waals surface area contributed by atoms with Crippen LogP contribution in [0.5, 0.6) is 17.2 Å². The van der Waals surface area contributed by atoms with Crippen LogP contribution in [-0.2, 0) is 10.0 Å². The standard InChI is InChI=1S/C31H34ClN5O4S/c1-3-4-19-37(42(38,39)25-15-9-6-10-16-25)30-28(41-27-18-12-11-17-26(27)40-2)29(32)33-31(34-30)36-22-20-35(21-23-36)24-13-7-5-8-14-24/h5-18H,3-4,19-23H2,1-2H3. The first-order chi connectivity index (χ1) is 20.4. The van der Waals surface area contributed by atoms with Crippen molar-refractivity contribution in [3.63, 3.8) is 0 Å². The Morgan fingerprint density at radius 2 is 1.43 bits per heavy atom. The van der Waals surface area contributed by atoms with Crippen molar-refractivity contribution in [1.82, 2.24) is 9.97 Å². The van der Waals surface area contributed by atoms with Crippen molar-refractivity contribution in [3.8, 4) is 17.2 Å². The fourth-order valence-electron chi connectivity index (χ4n) is 4.78. The molecule has 9 nitrogen and oxygen atoms in total. The lowest BCUT2D eigenvalue weighted by Crippen LogP contribution is -2.47. The monoisotopic (exact) mass is 607 g/mol. The normalized spacial score (nSPS) is 13.6. The molecule has 5 rings (SSSR count). The van der Waals surface area contributed by atoms with Crippen LogP contribution >= 0.6 is 11.6 Å². The molecule has 0 atom stereocenters. The number of sulfonamides is 1. The highest BCUT2D eigenvalue weighted by molar-refractivity contribution is 7.92. The summed E-state index contributed by atoms with van der Waals surface area (Å²) in [5.41, 5.74) is 1.15. The molecule has 0 N–H and O–H groups in total. The second kappa shape index (κ2) is 13.3. The van der Waals surface area contributed by atoms with Crippen LogP contribution in [0.2, 0.25) is 5.15 Å². The first kappa shape index (κ1) is 29.5. The molecule has 0 radical (unpaired) electrons. The maximum absolute atomic E-state index is 14.1. The van der Waals surface area contributed by atoms with Gasteiger partial charge >= 0.3 is 0 Å². The minimum absolute atomic E-state index is 0.0103. The average molecular weight is 608 g/mol. The zero-order valence-corrected chi connectivity index (χ0v) is 25.3. The van der Waals surface area contributed by atoms with Gasteiger partial charge in [-0.15, -0.1) is 0 Å². The van der Waals surface area contributed by atoms with Crippen LogP contribution < -0.4 is 23.6 Å². The number of aromatic nitrogens is 2. The number of methoxy groups -OCH3 is 1. The van der Waals surface area contributed by atoms with Crippen molar-refractivity contribution in [3.05, 3.63) is 90.1 Å². The van der Waals surface area contributed by atoms with Crippen LogP contribution in [0.4, 0.5) is 17.5 Å².